The Hall–Kier alpha value is -1.57. The van der Waals surface area contributed by atoms with Crippen LogP contribution in [0.15, 0.2) is 77.4 Å². The average molecular weight is 492 g/mol. The first-order valence-electron chi connectivity index (χ1n) is 9.33. The van der Waals surface area contributed by atoms with Gasteiger partial charge in [0.15, 0.2) is 0 Å². The number of fused-ring (bicyclic) bond motifs is 1. The Morgan fingerprint density at radius 3 is 2.20 bits per heavy atom. The van der Waals surface area contributed by atoms with Crippen LogP contribution < -0.4 is 4.74 Å². The summed E-state index contributed by atoms with van der Waals surface area (Å²) in [6.07, 6.45) is 3.36. The Morgan fingerprint density at radius 1 is 1.00 bits per heavy atom. The van der Waals surface area contributed by atoms with Gasteiger partial charge in [-0.3, -0.25) is 6.08 Å². The third-order valence-electron chi connectivity index (χ3n) is 5.30. The van der Waals surface area contributed by atoms with Crippen LogP contribution in [0.25, 0.3) is 21.9 Å². The van der Waals surface area contributed by atoms with Gasteiger partial charge < -0.3 is 19.6 Å². The van der Waals surface area contributed by atoms with Gasteiger partial charge in [-0.05, 0) is 12.1 Å². The van der Waals surface area contributed by atoms with E-state index in [2.05, 4.69) is 89.2 Å². The topological polar surface area (TPSA) is 9.23 Å². The normalized spacial score (nSPS) is 14.3. The molecule has 0 fully saturated rings. The van der Waals surface area contributed by atoms with Crippen LogP contribution in [0.3, 0.4) is 0 Å². The van der Waals surface area contributed by atoms with E-state index < -0.39 is 0 Å². The summed E-state index contributed by atoms with van der Waals surface area (Å²) >= 11 is 1.36. The van der Waals surface area contributed by atoms with Gasteiger partial charge in [-0.25, -0.2) is 5.57 Å². The Kier molecular flexibility index (Phi) is 13.0. The van der Waals surface area contributed by atoms with Crippen molar-refractivity contribution >= 4 is 17.7 Å². The molecule has 0 saturated heterocycles. The van der Waals surface area contributed by atoms with E-state index in [1.54, 1.807) is 7.11 Å². The van der Waals surface area contributed by atoms with Gasteiger partial charge in [-0.2, -0.15) is 11.1 Å². The van der Waals surface area contributed by atoms with Crippen molar-refractivity contribution in [3.05, 3.63) is 98.3 Å². The minimum atomic E-state index is 0. The van der Waals surface area contributed by atoms with Gasteiger partial charge >= 0.3 is 30.2 Å². The summed E-state index contributed by atoms with van der Waals surface area (Å²) in [5.41, 5.74) is 6.71. The molecule has 2 radical (unpaired) electrons. The number of hydrogen-bond donors (Lipinski definition) is 0. The molecular formula is C27H32OSiZr-4. The third kappa shape index (κ3) is 6.72. The molecule has 0 amide bonds. The summed E-state index contributed by atoms with van der Waals surface area (Å²) in [6, 6.07) is 20.9. The van der Waals surface area contributed by atoms with Crippen molar-refractivity contribution in [3.63, 3.8) is 0 Å². The van der Waals surface area contributed by atoms with E-state index in [0.29, 0.717) is 5.92 Å². The number of rotatable bonds is 2. The van der Waals surface area contributed by atoms with Gasteiger partial charge in [0.1, 0.15) is 5.75 Å². The molecule has 0 bridgehead atoms. The van der Waals surface area contributed by atoms with E-state index in [1.807, 2.05) is 12.1 Å². The van der Waals surface area contributed by atoms with Crippen LogP contribution in [-0.4, -0.2) is 14.0 Å². The van der Waals surface area contributed by atoms with Crippen LogP contribution in [0.4, 0.5) is 0 Å². The minimum absolute atomic E-state index is 0. The standard InChI is InChI=1S/C16H13O.C9H13.2CH3.Si.Zr/c1-17-14-7-4-6-13(11-14)16-10-9-12-5-2-3-8-15(12)16;1-6-5-7(2)9(4)8(6)3;;;;/h2-11H,1H3;6H,1-4H3;2*1H3;;/q4*-1;;. The summed E-state index contributed by atoms with van der Waals surface area (Å²) in [4.78, 5) is 0. The molecule has 0 aliphatic heterocycles. The van der Waals surface area contributed by atoms with E-state index in [0.717, 1.165) is 5.75 Å². The molecule has 0 heterocycles. The second kappa shape index (κ2) is 13.7. The van der Waals surface area contributed by atoms with E-state index in [9.17, 15) is 0 Å². The summed E-state index contributed by atoms with van der Waals surface area (Å²) in [5.74, 6) is 1.46. The number of hydrogen-bond acceptors (Lipinski definition) is 1. The molecule has 1 aliphatic carbocycles. The quantitative estimate of drug-likeness (QED) is 0.267. The second-order valence-corrected chi connectivity index (χ2v) is 6.87. The fourth-order valence-electron chi connectivity index (χ4n) is 3.35. The monoisotopic (exact) mass is 490 g/mol. The molecule has 0 N–H and O–H groups in total. The molecule has 158 valence electrons. The number of allylic oxidation sites excluding steroid dienone is 4. The Morgan fingerprint density at radius 2 is 1.67 bits per heavy atom. The van der Waals surface area contributed by atoms with E-state index in [1.165, 1.54) is 62.0 Å². The first-order valence-corrected chi connectivity index (χ1v) is 13.5. The maximum atomic E-state index is 5.26. The molecule has 30 heavy (non-hydrogen) atoms. The number of benzene rings is 2. The molecule has 3 heteroatoms. The molecule has 1 atom stereocenters. The summed E-state index contributed by atoms with van der Waals surface area (Å²) in [6.45, 7) is 11.7. The zero-order chi connectivity index (χ0) is 20.7. The Labute approximate surface area is 200 Å². The van der Waals surface area contributed by atoms with E-state index in [-0.39, 0.29) is 14.9 Å². The molecule has 0 saturated carbocycles. The predicted octanol–water partition coefficient (Wildman–Crippen LogP) is 7.47. The molecule has 1 nitrogen and oxygen atoms in total. The number of methoxy groups -OCH3 is 1. The summed E-state index contributed by atoms with van der Waals surface area (Å²) in [7, 11) is 1.70. The molecular weight excluding hydrogens is 460 g/mol. The van der Waals surface area contributed by atoms with Gasteiger partial charge in [0.25, 0.3) is 0 Å². The zero-order valence-electron chi connectivity index (χ0n) is 19.3. The first-order chi connectivity index (χ1) is 13.5. The molecule has 3 aromatic carbocycles. The van der Waals surface area contributed by atoms with Crippen molar-refractivity contribution in [1.29, 1.82) is 0 Å². The van der Waals surface area contributed by atoms with Gasteiger partial charge in [0.05, 0.1) is 7.11 Å². The van der Waals surface area contributed by atoms with Crippen LogP contribution >= 0.6 is 0 Å². The second-order valence-electron chi connectivity index (χ2n) is 6.87. The van der Waals surface area contributed by atoms with Crippen molar-refractivity contribution in [2.75, 3.05) is 7.11 Å². The van der Waals surface area contributed by atoms with Crippen LogP contribution in [0.1, 0.15) is 27.7 Å². The van der Waals surface area contributed by atoms with Crippen LogP contribution in [0.2, 0.25) is 0 Å². The van der Waals surface area contributed by atoms with Crippen molar-refractivity contribution in [2.24, 2.45) is 5.92 Å². The maximum absolute atomic E-state index is 5.26. The number of ether oxygens (including phenoxy) is 1. The molecule has 0 aromatic heterocycles. The van der Waals surface area contributed by atoms with Crippen molar-refractivity contribution in [1.82, 2.24) is 0 Å². The van der Waals surface area contributed by atoms with Gasteiger partial charge in [0.2, 0.25) is 0 Å². The Balaban J connectivity index is 0.000000558. The molecule has 1 unspecified atom stereocenters. The van der Waals surface area contributed by atoms with Gasteiger partial charge in [-0.15, -0.1) is 53.6 Å². The van der Waals surface area contributed by atoms with Crippen molar-refractivity contribution < 1.29 is 28.1 Å². The van der Waals surface area contributed by atoms with Gasteiger partial charge in [-0.1, -0.05) is 50.5 Å². The molecule has 1 aliphatic rings. The van der Waals surface area contributed by atoms with Crippen LogP contribution in [-0.2, 0) is 23.3 Å². The van der Waals surface area contributed by atoms with E-state index in [4.69, 9.17) is 4.74 Å². The zero-order valence-corrected chi connectivity index (χ0v) is 22.7. The summed E-state index contributed by atoms with van der Waals surface area (Å²) in [5, 5.41) is 2.58. The summed E-state index contributed by atoms with van der Waals surface area (Å²) < 4.78 is 5.26. The van der Waals surface area contributed by atoms with Gasteiger partial charge in [0, 0.05) is 0 Å². The van der Waals surface area contributed by atoms with Crippen molar-refractivity contribution in [2.45, 2.75) is 27.7 Å². The molecule has 0 spiro atoms. The SMILES string of the molecule is CC1=[C-]C(C)C(C)=C1C.COc1cccc(-c2c[cH-]c3ccccc23)c1.[CH3-].[CH3-].[Si]=[Zr]. The fourth-order valence-corrected chi connectivity index (χ4v) is 3.35. The van der Waals surface area contributed by atoms with Crippen molar-refractivity contribution in [3.8, 4) is 16.9 Å². The van der Waals surface area contributed by atoms with E-state index >= 15 is 0 Å². The predicted molar refractivity (Wildman–Crippen MR) is 130 cm³/mol. The fraction of sp³-hybridized carbons (Fsp3) is 0.222. The van der Waals surface area contributed by atoms with Crippen LogP contribution in [0.5, 0.6) is 5.75 Å². The van der Waals surface area contributed by atoms with Crippen LogP contribution in [0, 0.1) is 26.8 Å². The first kappa shape index (κ1) is 28.4. The third-order valence-corrected chi connectivity index (χ3v) is 5.30. The molecule has 3 aromatic rings. The molecule has 4 rings (SSSR count). The Bertz CT molecular complexity index is 997. The average Bonchev–Trinajstić information content (AvgIpc) is 3.27.